The van der Waals surface area contributed by atoms with Crippen LogP contribution in [0.2, 0.25) is 5.02 Å². The Bertz CT molecular complexity index is 1210. The van der Waals surface area contributed by atoms with Crippen LogP contribution in [0.4, 0.5) is 13.2 Å². The summed E-state index contributed by atoms with van der Waals surface area (Å²) in [6.45, 7) is 1.77. The Kier molecular flexibility index (Phi) is 8.12. The van der Waals surface area contributed by atoms with Gasteiger partial charge in [-0.2, -0.15) is 13.2 Å². The first-order valence-corrected chi connectivity index (χ1v) is 11.5. The number of aromatic amines is 1. The van der Waals surface area contributed by atoms with Crippen LogP contribution in [0.3, 0.4) is 0 Å². The van der Waals surface area contributed by atoms with Gasteiger partial charge in [-0.25, -0.2) is 4.79 Å². The van der Waals surface area contributed by atoms with Crippen LogP contribution < -0.4 is 16.1 Å². The molecule has 1 amide bonds. The average Bonchev–Trinajstić information content (AvgIpc) is 3.09. The maximum Gasteiger partial charge on any atom is 0.490 e. The number of ether oxygens (including phenoxy) is 1. The number of carbonyl (C=O) groups is 3. The number of piperidine rings is 1. The minimum Gasteiger partial charge on any atom is -0.475 e. The van der Waals surface area contributed by atoms with Crippen LogP contribution in [0.25, 0.3) is 10.9 Å². The number of aliphatic carboxylic acids is 1. The number of hydrogen-bond acceptors (Lipinski definition) is 6. The number of fused-ring (bicyclic) bond motifs is 1. The number of cyclic esters (lactones) is 1. The quantitative estimate of drug-likeness (QED) is 0.408. The lowest BCUT2D eigenvalue weighted by Crippen LogP contribution is -2.40. The molecular weight excluding hydrogens is 563 g/mol. The topological polar surface area (TPSA) is 138 Å². The molecule has 1 aromatic carbocycles. The third-order valence-electron chi connectivity index (χ3n) is 5.81. The molecule has 3 heterocycles. The van der Waals surface area contributed by atoms with Gasteiger partial charge in [0.1, 0.15) is 11.7 Å². The highest BCUT2D eigenvalue weighted by Gasteiger charge is 2.49. The third kappa shape index (κ3) is 5.96. The number of carboxylic acids is 1. The normalized spacial score (nSPS) is 19.1. The smallest absolute Gasteiger partial charge is 0.475 e. The van der Waals surface area contributed by atoms with E-state index in [1.165, 1.54) is 6.20 Å². The van der Waals surface area contributed by atoms with Crippen LogP contribution >= 0.6 is 27.5 Å². The van der Waals surface area contributed by atoms with Crippen molar-refractivity contribution in [2.45, 2.75) is 31.5 Å². The maximum atomic E-state index is 12.7. The van der Waals surface area contributed by atoms with Crippen LogP contribution in [-0.2, 0) is 14.3 Å². The van der Waals surface area contributed by atoms with E-state index in [1.807, 2.05) is 0 Å². The van der Waals surface area contributed by atoms with Crippen LogP contribution in [0.15, 0.2) is 27.6 Å². The lowest BCUT2D eigenvalue weighted by atomic mass is 9.76. The number of aromatic nitrogens is 1. The molecule has 2 aliphatic rings. The Hall–Kier alpha value is -2.64. The Morgan fingerprint density at radius 1 is 1.26 bits per heavy atom. The van der Waals surface area contributed by atoms with Crippen molar-refractivity contribution < 1.29 is 37.4 Å². The predicted octanol–water partition coefficient (Wildman–Crippen LogP) is 2.99. The summed E-state index contributed by atoms with van der Waals surface area (Å²) in [5.41, 5.74) is -0.289. The second-order valence-corrected chi connectivity index (χ2v) is 9.29. The second kappa shape index (κ2) is 10.5. The molecule has 0 aliphatic carbocycles. The number of carboxylic acid groups (broad SMARTS) is 1. The Labute approximate surface area is 209 Å². The number of nitrogens with one attached hydrogen (secondary N) is 3. The van der Waals surface area contributed by atoms with Crippen molar-refractivity contribution in [3.63, 3.8) is 0 Å². The highest BCUT2D eigenvalue weighted by atomic mass is 79.9. The largest absolute Gasteiger partial charge is 0.490 e. The zero-order valence-corrected chi connectivity index (χ0v) is 20.3. The molecule has 14 heteroatoms. The summed E-state index contributed by atoms with van der Waals surface area (Å²) < 4.78 is 37.8. The number of H-pyrrole nitrogens is 1. The summed E-state index contributed by atoms with van der Waals surface area (Å²) in [6.07, 6.45) is -2.00. The van der Waals surface area contributed by atoms with Crippen LogP contribution in [0, 0.1) is 5.41 Å². The molecule has 2 fully saturated rings. The summed E-state index contributed by atoms with van der Waals surface area (Å²) in [5.74, 6) is -3.44. The van der Waals surface area contributed by atoms with Crippen LogP contribution in [-0.4, -0.2) is 59.9 Å². The Morgan fingerprint density at radius 3 is 2.49 bits per heavy atom. The molecule has 2 aromatic rings. The van der Waals surface area contributed by atoms with Crippen molar-refractivity contribution in [2.24, 2.45) is 5.41 Å². The van der Waals surface area contributed by atoms with Gasteiger partial charge in [-0.3, -0.25) is 14.4 Å². The van der Waals surface area contributed by atoms with Gasteiger partial charge in [-0.1, -0.05) is 11.6 Å². The molecule has 2 aliphatic heterocycles. The van der Waals surface area contributed by atoms with Crippen molar-refractivity contribution in [1.82, 2.24) is 15.6 Å². The van der Waals surface area contributed by atoms with Crippen LogP contribution in [0.1, 0.15) is 29.6 Å². The number of hydrogen-bond donors (Lipinski definition) is 4. The average molecular weight is 583 g/mol. The first-order valence-electron chi connectivity index (χ1n) is 10.4. The van der Waals surface area contributed by atoms with Crippen molar-refractivity contribution in [3.05, 3.63) is 43.6 Å². The van der Waals surface area contributed by atoms with Gasteiger partial charge in [0.2, 0.25) is 5.43 Å². The number of pyridine rings is 1. The molecule has 1 unspecified atom stereocenters. The highest BCUT2D eigenvalue weighted by molar-refractivity contribution is 9.10. The Morgan fingerprint density at radius 2 is 1.89 bits per heavy atom. The lowest BCUT2D eigenvalue weighted by molar-refractivity contribution is -0.192. The SMILES string of the molecule is O=C(NCC1CC2(CCNCC2)C(=O)O1)c1c[nH]c2c(Br)c(Cl)ccc2c1=O.O=C(O)C(F)(F)F. The molecule has 0 radical (unpaired) electrons. The zero-order chi connectivity index (χ0) is 26.0. The van der Waals surface area contributed by atoms with Gasteiger partial charge < -0.3 is 25.5 Å². The molecule has 1 atom stereocenters. The number of alkyl halides is 3. The molecule has 1 spiro atoms. The lowest BCUT2D eigenvalue weighted by Gasteiger charge is -2.29. The second-order valence-electron chi connectivity index (χ2n) is 8.09. The molecule has 1 aromatic heterocycles. The van der Waals surface area contributed by atoms with E-state index in [2.05, 4.69) is 31.5 Å². The van der Waals surface area contributed by atoms with Gasteiger partial charge in [-0.15, -0.1) is 0 Å². The summed E-state index contributed by atoms with van der Waals surface area (Å²) in [4.78, 5) is 49.4. The molecule has 0 bridgehead atoms. The van der Waals surface area contributed by atoms with Gasteiger partial charge in [0.05, 0.1) is 27.0 Å². The van der Waals surface area contributed by atoms with Gasteiger partial charge >= 0.3 is 18.1 Å². The van der Waals surface area contributed by atoms with Crippen molar-refractivity contribution in [2.75, 3.05) is 19.6 Å². The van der Waals surface area contributed by atoms with E-state index >= 15 is 0 Å². The predicted molar refractivity (Wildman–Crippen MR) is 122 cm³/mol. The third-order valence-corrected chi connectivity index (χ3v) is 7.18. The zero-order valence-electron chi connectivity index (χ0n) is 17.9. The fraction of sp³-hybridized carbons (Fsp3) is 0.429. The fourth-order valence-corrected chi connectivity index (χ4v) is 4.59. The molecule has 2 saturated heterocycles. The summed E-state index contributed by atoms with van der Waals surface area (Å²) >= 11 is 9.38. The van der Waals surface area contributed by atoms with Gasteiger partial charge in [0.25, 0.3) is 5.91 Å². The summed E-state index contributed by atoms with van der Waals surface area (Å²) in [7, 11) is 0. The Balaban J connectivity index is 0.000000429. The number of amides is 1. The number of benzene rings is 1. The highest BCUT2D eigenvalue weighted by Crippen LogP contribution is 2.41. The number of esters is 1. The maximum absolute atomic E-state index is 12.7. The van der Waals surface area contributed by atoms with E-state index in [-0.39, 0.29) is 29.6 Å². The first-order chi connectivity index (χ1) is 16.4. The molecule has 9 nitrogen and oxygen atoms in total. The fourth-order valence-electron chi connectivity index (χ4n) is 3.97. The van der Waals surface area contributed by atoms with E-state index < -0.39 is 23.5 Å². The van der Waals surface area contributed by atoms with Crippen LogP contribution in [0.5, 0.6) is 0 Å². The van der Waals surface area contributed by atoms with Crippen molar-refractivity contribution in [3.8, 4) is 0 Å². The minimum absolute atomic E-state index is 0.00243. The molecule has 35 heavy (non-hydrogen) atoms. The van der Waals surface area contributed by atoms with E-state index in [4.69, 9.17) is 26.2 Å². The molecule has 0 saturated carbocycles. The molecular formula is C21H20BrClF3N3O6. The monoisotopic (exact) mass is 581 g/mol. The minimum atomic E-state index is -5.08. The van der Waals surface area contributed by atoms with E-state index in [9.17, 15) is 27.6 Å². The van der Waals surface area contributed by atoms with E-state index in [1.54, 1.807) is 12.1 Å². The van der Waals surface area contributed by atoms with Crippen molar-refractivity contribution >= 4 is 56.3 Å². The van der Waals surface area contributed by atoms with Gasteiger partial charge in [0, 0.05) is 18.0 Å². The first kappa shape index (κ1) is 27.0. The molecule has 190 valence electrons. The standard InChI is InChI=1S/C19H19BrClN3O4.C2HF3O2/c20-14-13(21)2-1-11-15(14)23-9-12(16(11)25)17(26)24-8-10-7-19(18(27)28-10)3-5-22-6-4-19;3-2(4,5)1(6)7/h1-2,9-10,22H,3-8H2,(H,23,25)(H,24,26);(H,6,7). The summed E-state index contributed by atoms with van der Waals surface area (Å²) in [5, 5.41) is 13.9. The van der Waals surface area contributed by atoms with Gasteiger partial charge in [-0.05, 0) is 54.0 Å². The van der Waals surface area contributed by atoms with E-state index in [0.29, 0.717) is 26.8 Å². The molecule has 4 N–H and O–H groups in total. The molecule has 4 rings (SSSR count). The number of halogens is 5. The number of carbonyl (C=O) groups excluding carboxylic acids is 2. The van der Waals surface area contributed by atoms with E-state index in [0.717, 1.165) is 25.9 Å². The summed E-state index contributed by atoms with van der Waals surface area (Å²) in [6, 6.07) is 3.18. The van der Waals surface area contributed by atoms with Crippen molar-refractivity contribution in [1.29, 1.82) is 0 Å². The van der Waals surface area contributed by atoms with Gasteiger partial charge in [0.15, 0.2) is 0 Å². The number of rotatable bonds is 3.